The van der Waals surface area contributed by atoms with E-state index in [4.69, 9.17) is 4.52 Å². The number of halogens is 1. The number of para-hydroxylation sites is 1. The zero-order chi connectivity index (χ0) is 12.1. The number of phenols is 1. The van der Waals surface area contributed by atoms with E-state index in [1.807, 2.05) is 12.1 Å². The van der Waals surface area contributed by atoms with Crippen molar-refractivity contribution in [2.24, 2.45) is 0 Å². The average molecular weight is 298 g/mol. The molecule has 0 spiro atoms. The fraction of sp³-hybridized carbons (Fsp3) is 0.273. The predicted molar refractivity (Wildman–Crippen MR) is 65.5 cm³/mol. The van der Waals surface area contributed by atoms with Crippen LogP contribution in [-0.2, 0) is 13.0 Å². The van der Waals surface area contributed by atoms with Gasteiger partial charge in [-0.15, -0.1) is 0 Å². The molecule has 2 rings (SSSR count). The van der Waals surface area contributed by atoms with E-state index in [0.29, 0.717) is 29.9 Å². The summed E-state index contributed by atoms with van der Waals surface area (Å²) in [6.07, 6.45) is 2.06. The van der Waals surface area contributed by atoms with Crippen LogP contribution in [0.4, 0.5) is 0 Å². The molecule has 0 fully saturated rings. The maximum absolute atomic E-state index is 9.75. The maximum Gasteiger partial charge on any atom is 0.227 e. The third-order valence-corrected chi connectivity index (χ3v) is 2.95. The Kier molecular flexibility index (Phi) is 4.11. The molecule has 17 heavy (non-hydrogen) atoms. The molecule has 1 heterocycles. The van der Waals surface area contributed by atoms with Gasteiger partial charge in [-0.1, -0.05) is 17.3 Å². The SMILES string of the molecule is Oc1c(Br)cccc1CNCCc1ncno1. The lowest BCUT2D eigenvalue weighted by Gasteiger charge is -2.06. The molecule has 0 bridgehead atoms. The van der Waals surface area contributed by atoms with Crippen LogP contribution < -0.4 is 5.32 Å². The number of benzene rings is 1. The van der Waals surface area contributed by atoms with E-state index in [9.17, 15) is 5.11 Å². The third-order valence-electron chi connectivity index (χ3n) is 2.31. The van der Waals surface area contributed by atoms with Crippen molar-refractivity contribution in [1.82, 2.24) is 15.5 Å². The van der Waals surface area contributed by atoms with E-state index < -0.39 is 0 Å². The van der Waals surface area contributed by atoms with Crippen LogP contribution in [0, 0.1) is 0 Å². The van der Waals surface area contributed by atoms with Gasteiger partial charge in [-0.05, 0) is 22.0 Å². The molecule has 0 unspecified atom stereocenters. The molecule has 0 atom stereocenters. The summed E-state index contributed by atoms with van der Waals surface area (Å²) in [6, 6.07) is 5.57. The summed E-state index contributed by atoms with van der Waals surface area (Å²) in [5.74, 6) is 0.883. The monoisotopic (exact) mass is 297 g/mol. The van der Waals surface area contributed by atoms with Crippen LogP contribution in [-0.4, -0.2) is 21.8 Å². The van der Waals surface area contributed by atoms with Crippen molar-refractivity contribution in [2.45, 2.75) is 13.0 Å². The van der Waals surface area contributed by atoms with Crippen LogP contribution in [0.2, 0.25) is 0 Å². The van der Waals surface area contributed by atoms with Gasteiger partial charge < -0.3 is 14.9 Å². The highest BCUT2D eigenvalue weighted by molar-refractivity contribution is 9.10. The minimum atomic E-state index is 0.276. The van der Waals surface area contributed by atoms with E-state index in [2.05, 4.69) is 31.4 Å². The minimum Gasteiger partial charge on any atom is -0.506 e. The summed E-state index contributed by atoms with van der Waals surface area (Å²) in [6.45, 7) is 1.31. The summed E-state index contributed by atoms with van der Waals surface area (Å²) >= 11 is 3.28. The molecule has 1 aromatic carbocycles. The predicted octanol–water partition coefficient (Wildman–Crippen LogP) is 1.87. The highest BCUT2D eigenvalue weighted by Gasteiger charge is 2.04. The smallest absolute Gasteiger partial charge is 0.227 e. The lowest BCUT2D eigenvalue weighted by Crippen LogP contribution is -2.16. The second kappa shape index (κ2) is 5.79. The largest absolute Gasteiger partial charge is 0.506 e. The van der Waals surface area contributed by atoms with Gasteiger partial charge in [0.15, 0.2) is 6.33 Å². The Morgan fingerprint density at radius 3 is 3.06 bits per heavy atom. The summed E-state index contributed by atoms with van der Waals surface area (Å²) in [7, 11) is 0. The van der Waals surface area contributed by atoms with Gasteiger partial charge >= 0.3 is 0 Å². The second-order valence-corrected chi connectivity index (χ2v) is 4.36. The van der Waals surface area contributed by atoms with Crippen molar-refractivity contribution in [2.75, 3.05) is 6.54 Å². The highest BCUT2D eigenvalue weighted by Crippen LogP contribution is 2.27. The minimum absolute atomic E-state index is 0.276. The van der Waals surface area contributed by atoms with Gasteiger partial charge in [0.25, 0.3) is 0 Å². The van der Waals surface area contributed by atoms with Crippen LogP contribution in [0.5, 0.6) is 5.75 Å². The van der Waals surface area contributed by atoms with Gasteiger partial charge in [-0.3, -0.25) is 0 Å². The standard InChI is InChI=1S/C11H12BrN3O2/c12-9-3-1-2-8(11(9)16)6-13-5-4-10-14-7-15-17-10/h1-3,7,13,16H,4-6H2. The second-order valence-electron chi connectivity index (χ2n) is 3.51. The first-order chi connectivity index (χ1) is 8.27. The van der Waals surface area contributed by atoms with E-state index in [-0.39, 0.29) is 5.75 Å². The number of phenolic OH excluding ortho intramolecular Hbond substituents is 1. The fourth-order valence-corrected chi connectivity index (χ4v) is 1.83. The molecular weight excluding hydrogens is 286 g/mol. The molecule has 2 N–H and O–H groups in total. The lowest BCUT2D eigenvalue weighted by atomic mass is 10.2. The van der Waals surface area contributed by atoms with E-state index in [1.165, 1.54) is 6.33 Å². The van der Waals surface area contributed by atoms with Crippen LogP contribution in [0.15, 0.2) is 33.5 Å². The molecule has 0 aliphatic carbocycles. The molecular formula is C11H12BrN3O2. The quantitative estimate of drug-likeness (QED) is 0.825. The van der Waals surface area contributed by atoms with E-state index in [1.54, 1.807) is 6.07 Å². The van der Waals surface area contributed by atoms with Gasteiger partial charge in [-0.2, -0.15) is 4.98 Å². The molecule has 0 saturated heterocycles. The average Bonchev–Trinajstić information content (AvgIpc) is 2.83. The highest BCUT2D eigenvalue weighted by atomic mass is 79.9. The molecule has 0 radical (unpaired) electrons. The fourth-order valence-electron chi connectivity index (χ4n) is 1.43. The first kappa shape index (κ1) is 12.1. The number of nitrogens with one attached hydrogen (secondary N) is 1. The van der Waals surface area contributed by atoms with Crippen molar-refractivity contribution in [3.8, 4) is 5.75 Å². The Bertz CT molecular complexity index is 474. The molecule has 0 aliphatic heterocycles. The number of rotatable bonds is 5. The Morgan fingerprint density at radius 1 is 1.41 bits per heavy atom. The van der Waals surface area contributed by atoms with E-state index in [0.717, 1.165) is 5.56 Å². The number of aromatic nitrogens is 2. The molecule has 1 aromatic heterocycles. The van der Waals surface area contributed by atoms with Gasteiger partial charge in [0.05, 0.1) is 4.47 Å². The summed E-state index contributed by atoms with van der Waals surface area (Å²) < 4.78 is 5.57. The van der Waals surface area contributed by atoms with Crippen molar-refractivity contribution >= 4 is 15.9 Å². The maximum atomic E-state index is 9.75. The molecule has 0 aliphatic rings. The molecule has 90 valence electrons. The molecule has 6 heteroatoms. The van der Waals surface area contributed by atoms with Gasteiger partial charge in [0.2, 0.25) is 5.89 Å². The van der Waals surface area contributed by atoms with Crippen LogP contribution in [0.1, 0.15) is 11.5 Å². The molecule has 2 aromatic rings. The summed E-state index contributed by atoms with van der Waals surface area (Å²) in [4.78, 5) is 3.92. The number of nitrogens with zero attached hydrogens (tertiary/aromatic N) is 2. The normalized spacial score (nSPS) is 10.6. The molecule has 5 nitrogen and oxygen atoms in total. The molecule has 0 saturated carbocycles. The topological polar surface area (TPSA) is 71.2 Å². The van der Waals surface area contributed by atoms with Crippen molar-refractivity contribution < 1.29 is 9.63 Å². The number of aromatic hydroxyl groups is 1. The third kappa shape index (κ3) is 3.28. The summed E-state index contributed by atoms with van der Waals surface area (Å²) in [5.41, 5.74) is 0.852. The molecule has 0 amide bonds. The van der Waals surface area contributed by atoms with Gasteiger partial charge in [0, 0.05) is 25.1 Å². The van der Waals surface area contributed by atoms with Gasteiger partial charge in [0.1, 0.15) is 5.75 Å². The number of hydrogen-bond acceptors (Lipinski definition) is 5. The number of hydrogen-bond donors (Lipinski definition) is 2. The van der Waals surface area contributed by atoms with Crippen LogP contribution in [0.3, 0.4) is 0 Å². The Labute approximate surface area is 107 Å². The van der Waals surface area contributed by atoms with Crippen LogP contribution >= 0.6 is 15.9 Å². The zero-order valence-electron chi connectivity index (χ0n) is 9.06. The lowest BCUT2D eigenvalue weighted by molar-refractivity contribution is 0.374. The zero-order valence-corrected chi connectivity index (χ0v) is 10.6. The van der Waals surface area contributed by atoms with Crippen molar-refractivity contribution in [3.63, 3.8) is 0 Å². The Hall–Kier alpha value is -1.40. The van der Waals surface area contributed by atoms with E-state index >= 15 is 0 Å². The van der Waals surface area contributed by atoms with Crippen molar-refractivity contribution in [1.29, 1.82) is 0 Å². The van der Waals surface area contributed by atoms with Gasteiger partial charge in [-0.25, -0.2) is 0 Å². The van der Waals surface area contributed by atoms with Crippen LogP contribution in [0.25, 0.3) is 0 Å². The van der Waals surface area contributed by atoms with Crippen molar-refractivity contribution in [3.05, 3.63) is 40.5 Å². The summed E-state index contributed by atoms with van der Waals surface area (Å²) in [5, 5.41) is 16.5. The first-order valence-corrected chi connectivity index (χ1v) is 5.99. The Balaban J connectivity index is 1.80. The Morgan fingerprint density at radius 2 is 2.29 bits per heavy atom. The first-order valence-electron chi connectivity index (χ1n) is 5.20.